The zero-order valence-corrected chi connectivity index (χ0v) is 11.3. The second-order valence-corrected chi connectivity index (χ2v) is 4.73. The van der Waals surface area contributed by atoms with E-state index < -0.39 is 0 Å². The average molecular weight is 254 g/mol. The monoisotopic (exact) mass is 254 g/mol. The van der Waals surface area contributed by atoms with E-state index >= 15 is 0 Å². The van der Waals surface area contributed by atoms with Gasteiger partial charge in [0.25, 0.3) is 5.56 Å². The van der Waals surface area contributed by atoms with Gasteiger partial charge in [-0.15, -0.1) is 0 Å². The highest BCUT2D eigenvalue weighted by atomic mass is 16.5. The van der Waals surface area contributed by atoms with Gasteiger partial charge in [0, 0.05) is 32.8 Å². The van der Waals surface area contributed by atoms with E-state index in [0.717, 1.165) is 6.42 Å². The number of rotatable bonds is 7. The molecule has 0 aliphatic rings. The molecule has 0 aliphatic heterocycles. The molecule has 6 heteroatoms. The van der Waals surface area contributed by atoms with Crippen LogP contribution in [0.2, 0.25) is 0 Å². The molecule has 0 aromatic carbocycles. The molecule has 0 aliphatic carbocycles. The van der Waals surface area contributed by atoms with Crippen molar-refractivity contribution in [2.75, 3.05) is 25.5 Å². The normalized spacial score (nSPS) is 11.6. The van der Waals surface area contributed by atoms with Gasteiger partial charge in [-0.25, -0.2) is 4.68 Å². The molecule has 0 fully saturated rings. The number of ether oxygens (including phenoxy) is 1. The van der Waals surface area contributed by atoms with E-state index in [-0.39, 0.29) is 11.2 Å². The summed E-state index contributed by atoms with van der Waals surface area (Å²) in [5, 5.41) is 7.13. The van der Waals surface area contributed by atoms with E-state index in [1.807, 2.05) is 13.8 Å². The Labute approximate surface area is 107 Å². The van der Waals surface area contributed by atoms with Crippen molar-refractivity contribution in [3.63, 3.8) is 0 Å². The van der Waals surface area contributed by atoms with Gasteiger partial charge in [0.15, 0.2) is 0 Å². The fourth-order valence-corrected chi connectivity index (χ4v) is 1.39. The molecule has 1 aromatic heterocycles. The minimum absolute atomic E-state index is 0.121. The van der Waals surface area contributed by atoms with Crippen LogP contribution in [0.1, 0.15) is 20.3 Å². The number of nitrogens with zero attached hydrogens (tertiary/aromatic N) is 2. The molecule has 0 atom stereocenters. The lowest BCUT2D eigenvalue weighted by Gasteiger charge is -2.22. The summed E-state index contributed by atoms with van der Waals surface area (Å²) in [5.74, 6) is 0. The highest BCUT2D eigenvalue weighted by molar-refractivity contribution is 5.38. The van der Waals surface area contributed by atoms with Crippen molar-refractivity contribution >= 4 is 5.69 Å². The Morgan fingerprint density at radius 2 is 2.28 bits per heavy atom. The Hall–Kier alpha value is -1.40. The molecule has 0 unspecified atom stereocenters. The van der Waals surface area contributed by atoms with Gasteiger partial charge < -0.3 is 15.8 Å². The van der Waals surface area contributed by atoms with Gasteiger partial charge >= 0.3 is 0 Å². The van der Waals surface area contributed by atoms with Gasteiger partial charge in [0.1, 0.15) is 0 Å². The largest absolute Gasteiger partial charge is 0.382 e. The van der Waals surface area contributed by atoms with Crippen LogP contribution in [0.5, 0.6) is 0 Å². The van der Waals surface area contributed by atoms with E-state index in [0.29, 0.717) is 25.3 Å². The first-order valence-electron chi connectivity index (χ1n) is 6.05. The van der Waals surface area contributed by atoms with Gasteiger partial charge in [0.2, 0.25) is 0 Å². The number of anilines is 1. The van der Waals surface area contributed by atoms with Crippen LogP contribution in [0.25, 0.3) is 0 Å². The third-order valence-corrected chi connectivity index (χ3v) is 2.82. The third kappa shape index (κ3) is 4.46. The molecule has 18 heavy (non-hydrogen) atoms. The van der Waals surface area contributed by atoms with Crippen LogP contribution in [-0.2, 0) is 11.3 Å². The molecule has 0 radical (unpaired) electrons. The van der Waals surface area contributed by atoms with Crippen molar-refractivity contribution in [3.8, 4) is 0 Å². The lowest BCUT2D eigenvalue weighted by Crippen LogP contribution is -2.29. The molecule has 0 saturated carbocycles. The Morgan fingerprint density at radius 3 is 2.83 bits per heavy atom. The van der Waals surface area contributed by atoms with Crippen molar-refractivity contribution in [1.82, 2.24) is 9.78 Å². The second-order valence-electron chi connectivity index (χ2n) is 4.73. The quantitative estimate of drug-likeness (QED) is 0.737. The number of hydrogen-bond acceptors (Lipinski definition) is 5. The van der Waals surface area contributed by atoms with Crippen LogP contribution in [-0.4, -0.2) is 35.6 Å². The highest BCUT2D eigenvalue weighted by Gasteiger charge is 2.16. The molecular formula is C12H22N4O2. The summed E-state index contributed by atoms with van der Waals surface area (Å²) in [7, 11) is 1.66. The summed E-state index contributed by atoms with van der Waals surface area (Å²) >= 11 is 0. The Balaban J connectivity index is 2.65. The van der Waals surface area contributed by atoms with Crippen LogP contribution in [0, 0.1) is 0 Å². The predicted molar refractivity (Wildman–Crippen MR) is 71.7 cm³/mol. The predicted octanol–water partition coefficient (Wildman–Crippen LogP) is 0.429. The third-order valence-electron chi connectivity index (χ3n) is 2.82. The van der Waals surface area contributed by atoms with Crippen LogP contribution in [0.3, 0.4) is 0 Å². The lowest BCUT2D eigenvalue weighted by molar-refractivity contribution is 0.0110. The number of nitrogens with two attached hydrogens (primary N) is 1. The summed E-state index contributed by atoms with van der Waals surface area (Å²) < 4.78 is 6.75. The van der Waals surface area contributed by atoms with Crippen LogP contribution in [0.15, 0.2) is 17.1 Å². The SMILES string of the molecule is COC(C)(C)CCn1ncc(NCCN)cc1=O. The maximum absolute atomic E-state index is 11.8. The molecule has 0 bridgehead atoms. The van der Waals surface area contributed by atoms with Gasteiger partial charge in [-0.2, -0.15) is 5.10 Å². The number of aromatic nitrogens is 2. The number of aryl methyl sites for hydroxylation is 1. The first-order chi connectivity index (χ1) is 8.48. The molecule has 1 heterocycles. The molecular weight excluding hydrogens is 232 g/mol. The topological polar surface area (TPSA) is 82.2 Å². The van der Waals surface area contributed by atoms with Gasteiger partial charge in [-0.3, -0.25) is 4.79 Å². The van der Waals surface area contributed by atoms with Crippen LogP contribution < -0.4 is 16.6 Å². The molecule has 1 rings (SSSR count). The summed E-state index contributed by atoms with van der Waals surface area (Å²) in [6, 6.07) is 1.53. The van der Waals surface area contributed by atoms with Crippen molar-refractivity contribution in [3.05, 3.63) is 22.6 Å². The summed E-state index contributed by atoms with van der Waals surface area (Å²) in [5.41, 5.74) is 5.70. The minimum atomic E-state index is -0.252. The molecule has 3 N–H and O–H groups in total. The molecule has 0 saturated heterocycles. The van der Waals surface area contributed by atoms with E-state index in [2.05, 4.69) is 10.4 Å². The molecule has 0 amide bonds. The fraction of sp³-hybridized carbons (Fsp3) is 0.667. The van der Waals surface area contributed by atoms with E-state index in [1.165, 1.54) is 10.7 Å². The van der Waals surface area contributed by atoms with Gasteiger partial charge in [-0.05, 0) is 20.3 Å². The maximum Gasteiger partial charge on any atom is 0.268 e. The molecule has 0 spiro atoms. The maximum atomic E-state index is 11.8. The number of methoxy groups -OCH3 is 1. The van der Waals surface area contributed by atoms with Crippen molar-refractivity contribution < 1.29 is 4.74 Å². The molecule has 6 nitrogen and oxygen atoms in total. The summed E-state index contributed by atoms with van der Waals surface area (Å²) in [6.45, 7) is 5.65. The fourth-order valence-electron chi connectivity index (χ4n) is 1.39. The standard InChI is InChI=1S/C12H22N4O2/c1-12(2,18-3)4-7-16-11(17)8-10(9-15-16)14-6-5-13/h8-9,14H,4-7,13H2,1-3H3. The van der Waals surface area contributed by atoms with Gasteiger partial charge in [0.05, 0.1) is 17.5 Å². The molecule has 1 aromatic rings. The van der Waals surface area contributed by atoms with Crippen molar-refractivity contribution in [2.24, 2.45) is 5.73 Å². The average Bonchev–Trinajstić information content (AvgIpc) is 2.35. The van der Waals surface area contributed by atoms with Crippen molar-refractivity contribution in [1.29, 1.82) is 0 Å². The van der Waals surface area contributed by atoms with E-state index in [4.69, 9.17) is 10.5 Å². The van der Waals surface area contributed by atoms with Crippen molar-refractivity contribution in [2.45, 2.75) is 32.4 Å². The second kappa shape index (κ2) is 6.51. The first kappa shape index (κ1) is 14.7. The Morgan fingerprint density at radius 1 is 1.56 bits per heavy atom. The van der Waals surface area contributed by atoms with E-state index in [1.54, 1.807) is 13.3 Å². The van der Waals surface area contributed by atoms with Crippen LogP contribution in [0.4, 0.5) is 5.69 Å². The molecule has 102 valence electrons. The minimum Gasteiger partial charge on any atom is -0.382 e. The number of hydrogen-bond donors (Lipinski definition) is 2. The highest BCUT2D eigenvalue weighted by Crippen LogP contribution is 2.13. The van der Waals surface area contributed by atoms with Crippen LogP contribution >= 0.6 is 0 Å². The van der Waals surface area contributed by atoms with E-state index in [9.17, 15) is 4.79 Å². The Bertz CT molecular complexity index is 428. The number of nitrogens with one attached hydrogen (secondary N) is 1. The Kier molecular flexibility index (Phi) is 5.30. The lowest BCUT2D eigenvalue weighted by atomic mass is 10.1. The zero-order chi connectivity index (χ0) is 13.6. The summed E-state index contributed by atoms with van der Waals surface area (Å²) in [4.78, 5) is 11.8. The first-order valence-corrected chi connectivity index (χ1v) is 6.05. The zero-order valence-electron chi connectivity index (χ0n) is 11.3. The smallest absolute Gasteiger partial charge is 0.268 e. The van der Waals surface area contributed by atoms with Gasteiger partial charge in [-0.1, -0.05) is 0 Å². The summed E-state index contributed by atoms with van der Waals surface area (Å²) in [6.07, 6.45) is 2.36.